The topological polar surface area (TPSA) is 29.5 Å². The van der Waals surface area contributed by atoms with Crippen molar-refractivity contribution in [3.63, 3.8) is 0 Å². The second-order valence-corrected chi connectivity index (χ2v) is 28.1. The average Bonchev–Trinajstić information content (AvgIpc) is 2.89. The normalized spacial score (nSPS) is 12.2. The van der Waals surface area contributed by atoms with E-state index in [1.165, 1.54) is 6.42 Å². The highest BCUT2D eigenvalue weighted by Crippen LogP contribution is 2.50. The predicted molar refractivity (Wildman–Crippen MR) is 225 cm³/mol. The zero-order valence-electron chi connectivity index (χ0n) is 37.9. The molecule has 0 rings (SSSR count). The van der Waals surface area contributed by atoms with E-state index in [4.69, 9.17) is 4.74 Å². The molecule has 0 saturated carbocycles. The smallest absolute Gasteiger partial charge is 0.0895 e. The van der Waals surface area contributed by atoms with Crippen LogP contribution in [0.4, 0.5) is 0 Å². The molecule has 0 aromatic carbocycles. The predicted octanol–water partition coefficient (Wildman–Crippen LogP) is 14.7. The molecular weight excluding hydrogens is 598 g/mol. The van der Waals surface area contributed by atoms with Gasteiger partial charge >= 0.3 is 0 Å². The van der Waals surface area contributed by atoms with Crippen molar-refractivity contribution in [1.82, 2.24) is 4.90 Å². The minimum absolute atomic E-state index is 0.345. The molecular formula is C41H98NO2PSi. The first-order valence-electron chi connectivity index (χ1n) is 19.0. The Morgan fingerprint density at radius 3 is 0.891 bits per heavy atom. The van der Waals surface area contributed by atoms with Gasteiger partial charge in [-0.1, -0.05) is 162 Å². The average molecular weight is 696 g/mol. The highest BCUT2D eigenvalue weighted by Gasteiger charge is 2.28. The third-order valence-electron chi connectivity index (χ3n) is 10.9. The molecule has 0 aromatic rings. The lowest BCUT2D eigenvalue weighted by Gasteiger charge is -2.33. The van der Waals surface area contributed by atoms with Crippen molar-refractivity contribution in [2.24, 2.45) is 29.1 Å². The molecule has 0 N–H and O–H groups in total. The summed E-state index contributed by atoms with van der Waals surface area (Å²) in [5, 5.41) is 0. The Balaban J connectivity index is -0.000000106. The molecule has 0 unspecified atom stereocenters. The Kier molecular flexibility index (Phi) is 38.5. The van der Waals surface area contributed by atoms with Gasteiger partial charge in [-0.3, -0.25) is 0 Å². The number of nitrogens with zero attached hydrogens (tertiary/aromatic N) is 1. The summed E-state index contributed by atoms with van der Waals surface area (Å²) in [6.45, 7) is 58.8. The maximum atomic E-state index is 11.6. The molecule has 288 valence electrons. The van der Waals surface area contributed by atoms with Gasteiger partial charge in [0, 0.05) is 37.1 Å². The summed E-state index contributed by atoms with van der Waals surface area (Å²) in [6, 6.07) is 1.35. The summed E-state index contributed by atoms with van der Waals surface area (Å²) >= 11 is 0. The van der Waals surface area contributed by atoms with Gasteiger partial charge in [0.2, 0.25) is 0 Å². The first-order valence-corrected chi connectivity index (χ1v) is 24.5. The summed E-state index contributed by atoms with van der Waals surface area (Å²) in [7, 11) is 1.18. The van der Waals surface area contributed by atoms with E-state index in [2.05, 4.69) is 157 Å². The van der Waals surface area contributed by atoms with Crippen LogP contribution in [0.1, 0.15) is 166 Å². The van der Waals surface area contributed by atoms with E-state index in [1.807, 2.05) is 34.4 Å². The molecule has 0 spiro atoms. The molecule has 0 aliphatic heterocycles. The summed E-state index contributed by atoms with van der Waals surface area (Å²) in [4.78, 5) is 2.33. The van der Waals surface area contributed by atoms with Gasteiger partial charge in [-0.15, -0.1) is 0 Å². The number of ether oxygens (including phenoxy) is 1. The van der Waals surface area contributed by atoms with Crippen LogP contribution < -0.4 is 0 Å². The highest BCUT2D eigenvalue weighted by molar-refractivity contribution is 7.64. The fraction of sp³-hybridized carbons (Fsp3) is 1.00. The van der Waals surface area contributed by atoms with Crippen molar-refractivity contribution in [1.29, 1.82) is 0 Å². The summed E-state index contributed by atoms with van der Waals surface area (Å²) in [5.74, 6) is 3.14. The largest absolute Gasteiger partial charge is 0.384 e. The molecule has 0 aliphatic rings. The maximum Gasteiger partial charge on any atom is 0.0895 e. The van der Waals surface area contributed by atoms with E-state index in [1.54, 1.807) is 7.11 Å². The molecule has 0 bridgehead atoms. The molecule has 0 fully saturated rings. The van der Waals surface area contributed by atoms with Crippen molar-refractivity contribution < 1.29 is 9.30 Å². The third kappa shape index (κ3) is 34.2. The second-order valence-electron chi connectivity index (χ2n) is 18.0. The van der Waals surface area contributed by atoms with Gasteiger partial charge in [-0.05, 0) is 70.5 Å². The highest BCUT2D eigenvalue weighted by atomic mass is 31.2. The molecule has 3 nitrogen and oxygen atoms in total. The Morgan fingerprint density at radius 2 is 0.891 bits per heavy atom. The zero-order valence-corrected chi connectivity index (χ0v) is 39.8. The van der Waals surface area contributed by atoms with Crippen LogP contribution in [0.5, 0.6) is 0 Å². The Hall–Kier alpha value is 0.367. The van der Waals surface area contributed by atoms with Gasteiger partial charge in [-0.2, -0.15) is 0 Å². The van der Waals surface area contributed by atoms with Crippen molar-refractivity contribution in [2.45, 2.75) is 213 Å². The van der Waals surface area contributed by atoms with Crippen LogP contribution in [0, 0.1) is 29.1 Å². The molecule has 0 aliphatic carbocycles. The third-order valence-corrected chi connectivity index (χ3v) is 21.0. The van der Waals surface area contributed by atoms with Crippen LogP contribution in [0.15, 0.2) is 0 Å². The van der Waals surface area contributed by atoms with E-state index < -0.39 is 15.2 Å². The Morgan fingerprint density at radius 1 is 0.630 bits per heavy atom. The number of hydrogen-bond donors (Lipinski definition) is 0. The van der Waals surface area contributed by atoms with E-state index in [9.17, 15) is 4.57 Å². The van der Waals surface area contributed by atoms with Crippen LogP contribution in [-0.4, -0.2) is 63.8 Å². The first-order chi connectivity index (χ1) is 20.3. The van der Waals surface area contributed by atoms with Crippen LogP contribution in [0.3, 0.4) is 0 Å². The standard InChI is InChI=1S/C9H20.C8H20Si.C7H17N.C7H17OP.C5H12O.C5H12/c2*1-7(2)9(5,6)8(3)4;1-6(2)8(5)7(3)4;1-6(2)9(5,8)7(3)4;1-5(2)4-6-3;1-4-5(2)3/h2*7-8H,1-6H3;6-7H,1-5H3;6-7H,1-5H3;5H,4H2,1-3H3;5H,4H2,1-3H3. The van der Waals surface area contributed by atoms with Gasteiger partial charge in [0.05, 0.1) is 15.2 Å². The molecule has 0 radical (unpaired) electrons. The molecule has 0 amide bonds. The maximum absolute atomic E-state index is 11.6. The second kappa shape index (κ2) is 30.2. The number of rotatable bonds is 11. The lowest BCUT2D eigenvalue weighted by Crippen LogP contribution is -2.32. The molecule has 0 saturated heterocycles. The van der Waals surface area contributed by atoms with Gasteiger partial charge in [0.1, 0.15) is 0 Å². The minimum Gasteiger partial charge on any atom is -0.384 e. The fourth-order valence-corrected chi connectivity index (χ4v) is 5.39. The van der Waals surface area contributed by atoms with Gasteiger partial charge in [-0.25, -0.2) is 0 Å². The van der Waals surface area contributed by atoms with E-state index in [-0.39, 0.29) is 0 Å². The van der Waals surface area contributed by atoms with Gasteiger partial charge in [0.25, 0.3) is 0 Å². The molecule has 46 heavy (non-hydrogen) atoms. The van der Waals surface area contributed by atoms with Crippen LogP contribution >= 0.6 is 7.14 Å². The SMILES string of the molecule is CC(C)C(C)(C)C(C)C.CC(C)N(C)C(C)C.CC(C)P(C)(=O)C(C)C.CC(C)[Si](C)(C)C(C)C.CCC(C)C.COCC(C)C. The lowest BCUT2D eigenvalue weighted by molar-refractivity contribution is 0.165. The Labute approximate surface area is 298 Å². The fourth-order valence-electron chi connectivity index (χ4n) is 2.86. The summed E-state index contributed by atoms with van der Waals surface area (Å²) < 4.78 is 16.4. The summed E-state index contributed by atoms with van der Waals surface area (Å²) in [6.07, 6.45) is 1.31. The van der Waals surface area contributed by atoms with Crippen molar-refractivity contribution >= 4 is 15.2 Å². The molecule has 0 atom stereocenters. The minimum atomic E-state index is -1.84. The van der Waals surface area contributed by atoms with Gasteiger partial charge < -0.3 is 14.2 Å². The Bertz CT molecular complexity index is 614. The van der Waals surface area contributed by atoms with E-state index >= 15 is 0 Å². The molecule has 0 aromatic heterocycles. The van der Waals surface area contributed by atoms with Crippen LogP contribution in [-0.2, 0) is 9.30 Å². The van der Waals surface area contributed by atoms with Crippen LogP contribution in [0.25, 0.3) is 0 Å². The van der Waals surface area contributed by atoms with Crippen LogP contribution in [0.2, 0.25) is 24.2 Å². The van der Waals surface area contributed by atoms with E-state index in [0.29, 0.717) is 34.7 Å². The van der Waals surface area contributed by atoms with Crippen molar-refractivity contribution in [3.05, 3.63) is 0 Å². The van der Waals surface area contributed by atoms with E-state index in [0.717, 1.165) is 35.4 Å². The zero-order chi connectivity index (χ0) is 39.0. The van der Waals surface area contributed by atoms with Gasteiger partial charge in [0.15, 0.2) is 0 Å². The molecule has 0 heterocycles. The first kappa shape index (κ1) is 58.6. The molecule has 5 heteroatoms. The quantitative estimate of drug-likeness (QED) is 0.159. The number of methoxy groups -OCH3 is 1. The monoisotopic (exact) mass is 696 g/mol. The lowest BCUT2D eigenvalue weighted by atomic mass is 9.72. The van der Waals surface area contributed by atoms with Crippen molar-refractivity contribution in [3.8, 4) is 0 Å². The van der Waals surface area contributed by atoms with Crippen molar-refractivity contribution in [2.75, 3.05) is 27.4 Å². The summed E-state index contributed by atoms with van der Waals surface area (Å²) in [5.41, 5.74) is 3.05. The number of hydrogen-bond acceptors (Lipinski definition) is 3.